The monoisotopic (exact) mass is 238 g/mol. The van der Waals surface area contributed by atoms with Crippen molar-refractivity contribution in [1.29, 1.82) is 0 Å². The van der Waals surface area contributed by atoms with Crippen LogP contribution >= 0.6 is 11.3 Å². The summed E-state index contributed by atoms with van der Waals surface area (Å²) in [6.45, 7) is 4.54. The van der Waals surface area contributed by atoms with Crippen LogP contribution < -0.4 is 5.32 Å². The highest BCUT2D eigenvalue weighted by molar-refractivity contribution is 7.14. The smallest absolute Gasteiger partial charge is 0.350 e. The van der Waals surface area contributed by atoms with Crippen LogP contribution in [-0.4, -0.2) is 31.2 Å². The lowest BCUT2D eigenvalue weighted by Gasteiger charge is -1.97. The summed E-state index contributed by atoms with van der Waals surface area (Å²) in [5, 5.41) is 3.56. The average molecular weight is 238 g/mol. The van der Waals surface area contributed by atoms with Crippen LogP contribution in [0.4, 0.5) is 0 Å². The van der Waals surface area contributed by atoms with Crippen LogP contribution in [0.3, 0.4) is 0 Å². The first-order valence-electron chi connectivity index (χ1n) is 4.97. The Hall–Kier alpha value is -1.38. The van der Waals surface area contributed by atoms with E-state index in [0.717, 1.165) is 0 Å². The summed E-state index contributed by atoms with van der Waals surface area (Å²) in [5.41, 5.74) is 0.678. The molecule has 1 rings (SSSR count). The largest absolute Gasteiger partial charge is 0.462 e. The number of esters is 1. The lowest BCUT2D eigenvalue weighted by Crippen LogP contribution is -2.04. The van der Waals surface area contributed by atoms with E-state index in [0.29, 0.717) is 28.7 Å². The van der Waals surface area contributed by atoms with E-state index in [2.05, 4.69) is 22.1 Å². The van der Waals surface area contributed by atoms with Crippen molar-refractivity contribution >= 4 is 17.3 Å². The maximum atomic E-state index is 11.5. The van der Waals surface area contributed by atoms with Gasteiger partial charge in [0.1, 0.15) is 4.88 Å². The van der Waals surface area contributed by atoms with Gasteiger partial charge in [0.15, 0.2) is 5.01 Å². The first kappa shape index (κ1) is 12.7. The zero-order chi connectivity index (χ0) is 12.0. The van der Waals surface area contributed by atoms with E-state index in [4.69, 9.17) is 4.74 Å². The quantitative estimate of drug-likeness (QED) is 0.635. The van der Waals surface area contributed by atoms with Crippen LogP contribution in [0.2, 0.25) is 0 Å². The van der Waals surface area contributed by atoms with Gasteiger partial charge in [-0.15, -0.1) is 0 Å². The molecule has 0 aromatic carbocycles. The SMILES string of the molecule is CCOC(=O)c1sc(C#CCNC)nc1C. The lowest BCUT2D eigenvalue weighted by molar-refractivity contribution is 0.0531. The average Bonchev–Trinajstić information content (AvgIpc) is 2.61. The van der Waals surface area contributed by atoms with E-state index >= 15 is 0 Å². The molecule has 0 saturated carbocycles. The predicted octanol–water partition coefficient (Wildman–Crippen LogP) is 1.20. The van der Waals surface area contributed by atoms with Crippen molar-refractivity contribution in [2.45, 2.75) is 13.8 Å². The zero-order valence-electron chi connectivity index (χ0n) is 9.59. The third-order valence-corrected chi connectivity index (χ3v) is 2.77. The topological polar surface area (TPSA) is 51.2 Å². The number of carbonyl (C=O) groups is 1. The molecule has 1 aromatic heterocycles. The summed E-state index contributed by atoms with van der Waals surface area (Å²) >= 11 is 1.27. The Kier molecular flexibility index (Phi) is 4.96. The molecular weight excluding hydrogens is 224 g/mol. The number of hydrogen-bond acceptors (Lipinski definition) is 5. The number of carbonyl (C=O) groups excluding carboxylic acids is 1. The van der Waals surface area contributed by atoms with E-state index in [1.54, 1.807) is 13.8 Å². The van der Waals surface area contributed by atoms with Gasteiger partial charge in [-0.25, -0.2) is 9.78 Å². The number of aryl methyl sites for hydroxylation is 1. The second-order valence-electron chi connectivity index (χ2n) is 2.99. The first-order valence-corrected chi connectivity index (χ1v) is 5.78. The first-order chi connectivity index (χ1) is 7.69. The van der Waals surface area contributed by atoms with Crippen LogP contribution in [0.1, 0.15) is 27.3 Å². The molecule has 4 nitrogen and oxygen atoms in total. The standard InChI is InChI=1S/C11H14N2O2S/c1-4-15-11(14)10-8(2)13-9(16-10)6-5-7-12-3/h12H,4,7H2,1-3H3. The maximum Gasteiger partial charge on any atom is 0.350 e. The molecule has 5 heteroatoms. The molecule has 0 fully saturated rings. The number of hydrogen-bond donors (Lipinski definition) is 1. The van der Waals surface area contributed by atoms with Gasteiger partial charge in [0.2, 0.25) is 0 Å². The molecule has 0 unspecified atom stereocenters. The number of rotatable bonds is 3. The second-order valence-corrected chi connectivity index (χ2v) is 3.99. The summed E-state index contributed by atoms with van der Waals surface area (Å²) in [7, 11) is 1.83. The van der Waals surface area contributed by atoms with Gasteiger partial charge in [0.25, 0.3) is 0 Å². The molecule has 0 aliphatic heterocycles. The summed E-state index contributed by atoms with van der Waals surface area (Å²) in [6, 6.07) is 0. The van der Waals surface area contributed by atoms with Crippen molar-refractivity contribution in [3.63, 3.8) is 0 Å². The molecule has 1 heterocycles. The van der Waals surface area contributed by atoms with E-state index in [1.807, 2.05) is 7.05 Å². The maximum absolute atomic E-state index is 11.5. The molecular formula is C11H14N2O2S. The Labute approximate surface area is 99.0 Å². The highest BCUT2D eigenvalue weighted by atomic mass is 32.1. The number of nitrogens with one attached hydrogen (secondary N) is 1. The van der Waals surface area contributed by atoms with E-state index in [-0.39, 0.29) is 5.97 Å². The van der Waals surface area contributed by atoms with Gasteiger partial charge >= 0.3 is 5.97 Å². The Balaban J connectivity index is 2.82. The normalized spacial score (nSPS) is 9.44. The van der Waals surface area contributed by atoms with Gasteiger partial charge in [0, 0.05) is 0 Å². The Morgan fingerprint density at radius 2 is 2.38 bits per heavy atom. The third-order valence-electron chi connectivity index (χ3n) is 1.72. The third kappa shape index (κ3) is 3.33. The highest BCUT2D eigenvalue weighted by Crippen LogP contribution is 2.18. The summed E-state index contributed by atoms with van der Waals surface area (Å²) in [5.74, 6) is 5.47. The molecule has 0 radical (unpaired) electrons. The van der Waals surface area contributed by atoms with Crippen LogP contribution in [-0.2, 0) is 4.74 Å². The molecule has 0 aliphatic carbocycles. The number of ether oxygens (including phenoxy) is 1. The van der Waals surface area contributed by atoms with E-state index < -0.39 is 0 Å². The molecule has 0 spiro atoms. The summed E-state index contributed by atoms with van der Waals surface area (Å²) in [4.78, 5) is 16.2. The van der Waals surface area contributed by atoms with Crippen LogP contribution in [0.5, 0.6) is 0 Å². The van der Waals surface area contributed by atoms with Gasteiger partial charge < -0.3 is 10.1 Å². The van der Waals surface area contributed by atoms with Crippen molar-refractivity contribution in [2.24, 2.45) is 0 Å². The lowest BCUT2D eigenvalue weighted by atomic mass is 10.4. The molecule has 0 atom stereocenters. The van der Waals surface area contributed by atoms with Crippen molar-refractivity contribution in [3.8, 4) is 11.8 Å². The number of thiazole rings is 1. The summed E-state index contributed by atoms with van der Waals surface area (Å²) in [6.07, 6.45) is 0. The number of nitrogens with zero attached hydrogens (tertiary/aromatic N) is 1. The minimum Gasteiger partial charge on any atom is -0.462 e. The van der Waals surface area contributed by atoms with Gasteiger partial charge in [-0.3, -0.25) is 0 Å². The molecule has 86 valence electrons. The van der Waals surface area contributed by atoms with Gasteiger partial charge in [-0.1, -0.05) is 17.3 Å². The predicted molar refractivity (Wildman–Crippen MR) is 63.6 cm³/mol. The molecule has 1 aromatic rings. The van der Waals surface area contributed by atoms with Crippen molar-refractivity contribution in [2.75, 3.05) is 20.2 Å². The van der Waals surface area contributed by atoms with Gasteiger partial charge in [-0.2, -0.15) is 0 Å². The van der Waals surface area contributed by atoms with Crippen molar-refractivity contribution in [3.05, 3.63) is 15.6 Å². The molecule has 0 saturated heterocycles. The van der Waals surface area contributed by atoms with Crippen LogP contribution in [0, 0.1) is 18.8 Å². The second kappa shape index (κ2) is 6.26. The highest BCUT2D eigenvalue weighted by Gasteiger charge is 2.15. The van der Waals surface area contributed by atoms with E-state index in [1.165, 1.54) is 11.3 Å². The van der Waals surface area contributed by atoms with Crippen LogP contribution in [0.25, 0.3) is 0 Å². The van der Waals surface area contributed by atoms with Gasteiger partial charge in [0.05, 0.1) is 18.8 Å². The van der Waals surface area contributed by atoms with E-state index in [9.17, 15) is 4.79 Å². The van der Waals surface area contributed by atoms with Crippen molar-refractivity contribution < 1.29 is 9.53 Å². The molecule has 0 bridgehead atoms. The Morgan fingerprint density at radius 1 is 1.62 bits per heavy atom. The zero-order valence-corrected chi connectivity index (χ0v) is 10.4. The fourth-order valence-electron chi connectivity index (χ4n) is 1.04. The minimum atomic E-state index is -0.320. The molecule has 1 N–H and O–H groups in total. The summed E-state index contributed by atoms with van der Waals surface area (Å²) < 4.78 is 4.92. The number of aromatic nitrogens is 1. The minimum absolute atomic E-state index is 0.320. The van der Waals surface area contributed by atoms with Crippen molar-refractivity contribution in [1.82, 2.24) is 10.3 Å². The molecule has 0 amide bonds. The molecule has 0 aliphatic rings. The van der Waals surface area contributed by atoms with Gasteiger partial charge in [-0.05, 0) is 26.8 Å². The Morgan fingerprint density at radius 3 is 3.00 bits per heavy atom. The molecule has 16 heavy (non-hydrogen) atoms. The Bertz CT molecular complexity index is 429. The van der Waals surface area contributed by atoms with Crippen LogP contribution in [0.15, 0.2) is 0 Å². The fourth-order valence-corrected chi connectivity index (χ4v) is 1.88. The fraction of sp³-hybridized carbons (Fsp3) is 0.455.